The van der Waals surface area contributed by atoms with Crippen LogP contribution in [0.15, 0.2) is 58.6 Å². The van der Waals surface area contributed by atoms with Crippen LogP contribution in [0.4, 0.5) is 0 Å². The highest BCUT2D eigenvalue weighted by atomic mass is 32.2. The zero-order valence-corrected chi connectivity index (χ0v) is 13.1. The van der Waals surface area contributed by atoms with Gasteiger partial charge in [0.15, 0.2) is 0 Å². The van der Waals surface area contributed by atoms with E-state index in [4.69, 9.17) is 10.7 Å². The number of nitrogens with two attached hydrogens (primary N) is 1. The monoisotopic (exact) mass is 297 g/mol. The maximum absolute atomic E-state index is 6.01. The van der Waals surface area contributed by atoms with Gasteiger partial charge in [-0.05, 0) is 38.1 Å². The van der Waals surface area contributed by atoms with Crippen molar-refractivity contribution in [1.29, 1.82) is 0 Å². The molecule has 1 aromatic carbocycles. The molecule has 0 aliphatic carbocycles. The van der Waals surface area contributed by atoms with Gasteiger partial charge in [-0.2, -0.15) is 0 Å². The molecular formula is C17H19N3S. The number of imidazole rings is 1. The highest BCUT2D eigenvalue weighted by molar-refractivity contribution is 7.99. The molecule has 3 rings (SSSR count). The van der Waals surface area contributed by atoms with E-state index in [-0.39, 0.29) is 6.04 Å². The fraction of sp³-hybridized carbons (Fsp3) is 0.235. The number of nitrogens with zero attached hydrogens (tertiary/aromatic N) is 2. The average molecular weight is 297 g/mol. The second-order valence-corrected chi connectivity index (χ2v) is 6.45. The molecule has 0 aliphatic heterocycles. The van der Waals surface area contributed by atoms with Gasteiger partial charge < -0.3 is 10.1 Å². The fourth-order valence-corrected chi connectivity index (χ4v) is 3.25. The Balaban J connectivity index is 2.02. The highest BCUT2D eigenvalue weighted by Crippen LogP contribution is 2.31. The summed E-state index contributed by atoms with van der Waals surface area (Å²) in [6, 6.07) is 14.7. The topological polar surface area (TPSA) is 43.3 Å². The normalized spacial score (nSPS) is 12.7. The molecule has 108 valence electrons. The Morgan fingerprint density at radius 3 is 2.67 bits per heavy atom. The van der Waals surface area contributed by atoms with Crippen LogP contribution in [0, 0.1) is 6.92 Å². The summed E-state index contributed by atoms with van der Waals surface area (Å²) in [5, 5.41) is 1.04. The van der Waals surface area contributed by atoms with E-state index in [0.717, 1.165) is 17.1 Å². The number of fused-ring (bicyclic) bond motifs is 1. The van der Waals surface area contributed by atoms with Crippen molar-refractivity contribution in [3.05, 3.63) is 59.9 Å². The molecule has 0 radical (unpaired) electrons. The van der Waals surface area contributed by atoms with Crippen LogP contribution in [0.25, 0.3) is 5.65 Å². The summed E-state index contributed by atoms with van der Waals surface area (Å²) in [6.45, 7) is 4.13. The van der Waals surface area contributed by atoms with Crippen LogP contribution in [0.1, 0.15) is 18.2 Å². The van der Waals surface area contributed by atoms with E-state index >= 15 is 0 Å². The molecule has 1 atom stereocenters. The number of aryl methyl sites for hydroxylation is 1. The molecule has 0 bridgehead atoms. The Morgan fingerprint density at radius 2 is 1.95 bits per heavy atom. The molecule has 4 heteroatoms. The van der Waals surface area contributed by atoms with E-state index in [2.05, 4.69) is 41.8 Å². The van der Waals surface area contributed by atoms with Gasteiger partial charge in [0.1, 0.15) is 10.7 Å². The van der Waals surface area contributed by atoms with Crippen molar-refractivity contribution in [2.45, 2.75) is 36.2 Å². The molecule has 0 saturated heterocycles. The first-order valence-electron chi connectivity index (χ1n) is 7.09. The van der Waals surface area contributed by atoms with Gasteiger partial charge in [0.25, 0.3) is 0 Å². The lowest BCUT2D eigenvalue weighted by Crippen LogP contribution is -2.19. The lowest BCUT2D eigenvalue weighted by Gasteiger charge is -2.07. The minimum atomic E-state index is 0.113. The van der Waals surface area contributed by atoms with Crippen molar-refractivity contribution in [2.75, 3.05) is 0 Å². The molecule has 0 aliphatic rings. The van der Waals surface area contributed by atoms with Crippen LogP contribution >= 0.6 is 11.8 Å². The van der Waals surface area contributed by atoms with Crippen LogP contribution in [-0.2, 0) is 6.42 Å². The third kappa shape index (κ3) is 3.12. The van der Waals surface area contributed by atoms with Crippen LogP contribution in [0.2, 0.25) is 0 Å². The number of hydrogen-bond acceptors (Lipinski definition) is 3. The summed E-state index contributed by atoms with van der Waals surface area (Å²) in [6.07, 6.45) is 2.87. The van der Waals surface area contributed by atoms with E-state index in [0.29, 0.717) is 0 Å². The lowest BCUT2D eigenvalue weighted by atomic mass is 10.2. The van der Waals surface area contributed by atoms with E-state index in [9.17, 15) is 0 Å². The molecule has 2 heterocycles. The van der Waals surface area contributed by atoms with Gasteiger partial charge in [-0.25, -0.2) is 4.98 Å². The van der Waals surface area contributed by atoms with Gasteiger partial charge in [-0.3, -0.25) is 0 Å². The Labute approximate surface area is 129 Å². The second-order valence-electron chi connectivity index (χ2n) is 5.39. The molecule has 0 amide bonds. The summed E-state index contributed by atoms with van der Waals surface area (Å²) in [7, 11) is 0. The molecule has 1 unspecified atom stereocenters. The van der Waals surface area contributed by atoms with Gasteiger partial charge in [-0.15, -0.1) is 0 Å². The molecule has 0 spiro atoms. The first kappa shape index (κ1) is 14.2. The maximum Gasteiger partial charge on any atom is 0.138 e. The Kier molecular flexibility index (Phi) is 3.99. The second kappa shape index (κ2) is 5.92. The Bertz CT molecular complexity index is 744. The third-order valence-corrected chi connectivity index (χ3v) is 4.37. The zero-order chi connectivity index (χ0) is 14.8. The molecule has 2 aromatic heterocycles. The van der Waals surface area contributed by atoms with Gasteiger partial charge in [0, 0.05) is 23.6 Å². The molecule has 3 nitrogen and oxygen atoms in total. The SMILES string of the molecule is Cc1ccc(Sc2nc3ccccn3c2CC(C)N)cc1. The number of hydrogen-bond donors (Lipinski definition) is 1. The van der Waals surface area contributed by atoms with Gasteiger partial charge in [0.2, 0.25) is 0 Å². The van der Waals surface area contributed by atoms with Crippen molar-refractivity contribution < 1.29 is 0 Å². The molecule has 3 aromatic rings. The summed E-state index contributed by atoms with van der Waals surface area (Å²) in [5.74, 6) is 0. The van der Waals surface area contributed by atoms with Crippen LogP contribution < -0.4 is 5.73 Å². The van der Waals surface area contributed by atoms with Gasteiger partial charge in [-0.1, -0.05) is 35.5 Å². The third-order valence-electron chi connectivity index (χ3n) is 3.34. The summed E-state index contributed by atoms with van der Waals surface area (Å²) < 4.78 is 2.14. The van der Waals surface area contributed by atoms with E-state index in [1.807, 2.05) is 25.1 Å². The predicted molar refractivity (Wildman–Crippen MR) is 87.8 cm³/mol. The Hall–Kier alpha value is -1.78. The largest absolute Gasteiger partial charge is 0.328 e. The van der Waals surface area contributed by atoms with E-state index in [1.165, 1.54) is 16.2 Å². The van der Waals surface area contributed by atoms with Crippen molar-refractivity contribution >= 4 is 17.4 Å². The highest BCUT2D eigenvalue weighted by Gasteiger charge is 2.14. The van der Waals surface area contributed by atoms with Crippen LogP contribution in [-0.4, -0.2) is 15.4 Å². The van der Waals surface area contributed by atoms with Crippen molar-refractivity contribution in [2.24, 2.45) is 5.73 Å². The smallest absolute Gasteiger partial charge is 0.138 e. The Morgan fingerprint density at radius 1 is 1.19 bits per heavy atom. The van der Waals surface area contributed by atoms with Crippen molar-refractivity contribution in [3.63, 3.8) is 0 Å². The minimum Gasteiger partial charge on any atom is -0.328 e. The molecule has 21 heavy (non-hydrogen) atoms. The fourth-order valence-electron chi connectivity index (χ4n) is 2.32. The summed E-state index contributed by atoms with van der Waals surface area (Å²) in [5.41, 5.74) is 9.44. The van der Waals surface area contributed by atoms with E-state index in [1.54, 1.807) is 11.8 Å². The first-order chi connectivity index (χ1) is 10.1. The first-order valence-corrected chi connectivity index (χ1v) is 7.91. The lowest BCUT2D eigenvalue weighted by molar-refractivity contribution is 0.705. The molecule has 0 fully saturated rings. The van der Waals surface area contributed by atoms with Crippen molar-refractivity contribution in [1.82, 2.24) is 9.38 Å². The zero-order valence-electron chi connectivity index (χ0n) is 12.3. The van der Waals surface area contributed by atoms with Crippen LogP contribution in [0.3, 0.4) is 0 Å². The summed E-state index contributed by atoms with van der Waals surface area (Å²) >= 11 is 1.70. The quantitative estimate of drug-likeness (QED) is 0.799. The summed E-state index contributed by atoms with van der Waals surface area (Å²) in [4.78, 5) is 5.96. The molecule has 0 saturated carbocycles. The number of benzene rings is 1. The van der Waals surface area contributed by atoms with E-state index < -0.39 is 0 Å². The minimum absolute atomic E-state index is 0.113. The molecule has 2 N–H and O–H groups in total. The number of pyridine rings is 1. The standard InChI is InChI=1S/C17H19N3S/c1-12-6-8-14(9-7-12)21-17-15(11-13(2)18)20-10-4-3-5-16(20)19-17/h3-10,13H,11,18H2,1-2H3. The van der Waals surface area contributed by atoms with Crippen LogP contribution in [0.5, 0.6) is 0 Å². The number of aromatic nitrogens is 2. The number of rotatable bonds is 4. The predicted octanol–water partition coefficient (Wildman–Crippen LogP) is 3.68. The molecular weight excluding hydrogens is 278 g/mol. The van der Waals surface area contributed by atoms with Crippen molar-refractivity contribution in [3.8, 4) is 0 Å². The van der Waals surface area contributed by atoms with Gasteiger partial charge >= 0.3 is 0 Å². The average Bonchev–Trinajstić information content (AvgIpc) is 2.79. The van der Waals surface area contributed by atoms with Gasteiger partial charge in [0.05, 0.1) is 5.69 Å². The maximum atomic E-state index is 6.01.